The van der Waals surface area contributed by atoms with Crippen LogP contribution in [0.1, 0.15) is 17.0 Å². The van der Waals surface area contributed by atoms with Crippen LogP contribution in [-0.4, -0.2) is 32.4 Å². The van der Waals surface area contributed by atoms with Crippen molar-refractivity contribution < 1.29 is 9.90 Å². The molecule has 140 valence electrons. The molecule has 0 aliphatic rings. The fraction of sp³-hybridized carbons (Fsp3) is 0.263. The third-order valence-electron chi connectivity index (χ3n) is 4.29. The lowest BCUT2D eigenvalue weighted by molar-refractivity contribution is -0.135. The Morgan fingerprint density at radius 2 is 1.96 bits per heavy atom. The minimum absolute atomic E-state index is 0.133. The highest BCUT2D eigenvalue weighted by atomic mass is 32.1. The van der Waals surface area contributed by atoms with Crippen LogP contribution >= 0.6 is 11.3 Å². The fourth-order valence-electron chi connectivity index (χ4n) is 2.83. The summed E-state index contributed by atoms with van der Waals surface area (Å²) in [7, 11) is 1.62. The lowest BCUT2D eigenvalue weighted by Crippen LogP contribution is -2.29. The van der Waals surface area contributed by atoms with E-state index in [1.807, 2.05) is 49.6 Å². The molecule has 0 radical (unpaired) electrons. The zero-order valence-electron chi connectivity index (χ0n) is 15.3. The van der Waals surface area contributed by atoms with Gasteiger partial charge in [-0.3, -0.25) is 9.59 Å². The first-order valence-corrected chi connectivity index (χ1v) is 9.26. The number of carbonyl (C=O) groups is 1. The number of benzene rings is 1. The molecule has 0 unspecified atom stereocenters. The molecule has 0 saturated carbocycles. The Morgan fingerprint density at radius 1 is 1.26 bits per heavy atom. The van der Waals surface area contributed by atoms with Crippen molar-refractivity contribution in [2.75, 3.05) is 11.4 Å². The highest BCUT2D eigenvalue weighted by Gasteiger charge is 2.18. The number of nitrogens with zero attached hydrogens (tertiary/aromatic N) is 4. The minimum atomic E-state index is -0.913. The Kier molecular flexibility index (Phi) is 5.36. The molecule has 0 spiro atoms. The second-order valence-electron chi connectivity index (χ2n) is 6.24. The predicted molar refractivity (Wildman–Crippen MR) is 105 cm³/mol. The maximum absolute atomic E-state index is 12.5. The van der Waals surface area contributed by atoms with Crippen molar-refractivity contribution in [2.24, 2.45) is 7.05 Å². The number of aliphatic carboxylic acids is 1. The average Bonchev–Trinajstić information content (AvgIpc) is 3.08. The van der Waals surface area contributed by atoms with E-state index in [2.05, 4.69) is 10.1 Å². The van der Waals surface area contributed by atoms with Crippen LogP contribution < -0.4 is 10.5 Å². The lowest BCUT2D eigenvalue weighted by Gasteiger charge is -2.21. The first kappa shape index (κ1) is 18.8. The molecule has 0 bridgehead atoms. The Labute approximate surface area is 160 Å². The van der Waals surface area contributed by atoms with Crippen LogP contribution in [0.15, 0.2) is 40.5 Å². The van der Waals surface area contributed by atoms with E-state index in [-0.39, 0.29) is 12.1 Å². The quantitative estimate of drug-likeness (QED) is 0.703. The van der Waals surface area contributed by atoms with Gasteiger partial charge in [-0.05, 0) is 31.5 Å². The van der Waals surface area contributed by atoms with Crippen molar-refractivity contribution in [1.82, 2.24) is 14.8 Å². The molecule has 3 aromatic rings. The van der Waals surface area contributed by atoms with E-state index < -0.39 is 5.97 Å². The smallest absolute Gasteiger partial charge is 0.323 e. The van der Waals surface area contributed by atoms with E-state index in [9.17, 15) is 14.7 Å². The summed E-state index contributed by atoms with van der Waals surface area (Å²) in [5.41, 5.74) is 3.47. The second kappa shape index (κ2) is 7.71. The molecular formula is C19H20N4O3S. The molecule has 2 heterocycles. The van der Waals surface area contributed by atoms with Crippen LogP contribution in [0, 0.1) is 13.8 Å². The van der Waals surface area contributed by atoms with Gasteiger partial charge in [0.2, 0.25) is 0 Å². The number of aromatic nitrogens is 3. The van der Waals surface area contributed by atoms with E-state index in [0.717, 1.165) is 22.6 Å². The Hall–Kier alpha value is -3.00. The molecule has 7 nitrogen and oxygen atoms in total. The average molecular weight is 384 g/mol. The standard InChI is InChI=1S/C19H20N4O3S/c1-12-13(2)21-22(3)19(26)17(12)18-20-14(11-27-18)9-23(10-16(24)25)15-7-5-4-6-8-15/h4-8,11H,9-10H2,1-3H3,(H,24,25). The van der Waals surface area contributed by atoms with Crippen LogP contribution in [-0.2, 0) is 18.4 Å². The zero-order valence-corrected chi connectivity index (χ0v) is 16.2. The number of rotatable bonds is 6. The normalized spacial score (nSPS) is 10.8. The van der Waals surface area contributed by atoms with Crippen LogP contribution in [0.5, 0.6) is 0 Å². The number of hydrogen-bond donors (Lipinski definition) is 1. The summed E-state index contributed by atoms with van der Waals surface area (Å²) in [5, 5.41) is 15.9. The molecule has 1 N–H and O–H groups in total. The first-order valence-electron chi connectivity index (χ1n) is 8.38. The van der Waals surface area contributed by atoms with Crippen LogP contribution in [0.4, 0.5) is 5.69 Å². The van der Waals surface area contributed by atoms with E-state index in [1.165, 1.54) is 16.0 Å². The van der Waals surface area contributed by atoms with E-state index in [1.54, 1.807) is 11.9 Å². The van der Waals surface area contributed by atoms with Crippen molar-refractivity contribution in [3.63, 3.8) is 0 Å². The fourth-order valence-corrected chi connectivity index (χ4v) is 3.73. The number of aryl methyl sites for hydroxylation is 2. The van der Waals surface area contributed by atoms with Gasteiger partial charge >= 0.3 is 5.97 Å². The molecular weight excluding hydrogens is 364 g/mol. The monoisotopic (exact) mass is 384 g/mol. The summed E-state index contributed by atoms with van der Waals surface area (Å²) >= 11 is 1.38. The van der Waals surface area contributed by atoms with E-state index in [4.69, 9.17) is 0 Å². The number of hydrogen-bond acceptors (Lipinski definition) is 6. The Morgan fingerprint density at radius 3 is 2.63 bits per heavy atom. The van der Waals surface area contributed by atoms with Gasteiger partial charge in [-0.15, -0.1) is 11.3 Å². The predicted octanol–water partition coefficient (Wildman–Crippen LogP) is 2.61. The summed E-state index contributed by atoms with van der Waals surface area (Å²) in [6.45, 7) is 3.93. The van der Waals surface area contributed by atoms with Gasteiger partial charge < -0.3 is 10.0 Å². The van der Waals surface area contributed by atoms with Gasteiger partial charge in [0.05, 0.1) is 23.5 Å². The molecule has 0 aliphatic carbocycles. The van der Waals surface area contributed by atoms with Crippen molar-refractivity contribution in [2.45, 2.75) is 20.4 Å². The maximum atomic E-state index is 12.5. The van der Waals surface area contributed by atoms with Gasteiger partial charge in [0, 0.05) is 18.1 Å². The molecule has 3 rings (SSSR count). The third-order valence-corrected chi connectivity index (χ3v) is 5.20. The van der Waals surface area contributed by atoms with Gasteiger partial charge in [0.15, 0.2) is 0 Å². The van der Waals surface area contributed by atoms with Crippen molar-refractivity contribution in [1.29, 1.82) is 0 Å². The molecule has 27 heavy (non-hydrogen) atoms. The SMILES string of the molecule is Cc1nn(C)c(=O)c(-c2nc(CN(CC(=O)O)c3ccccc3)cs2)c1C. The largest absolute Gasteiger partial charge is 0.480 e. The lowest BCUT2D eigenvalue weighted by atomic mass is 10.1. The number of carboxylic acid groups (broad SMARTS) is 1. The van der Waals surface area contributed by atoms with Gasteiger partial charge in [0.25, 0.3) is 5.56 Å². The van der Waals surface area contributed by atoms with Crippen molar-refractivity contribution >= 4 is 23.0 Å². The molecule has 0 amide bonds. The second-order valence-corrected chi connectivity index (χ2v) is 7.10. The molecule has 8 heteroatoms. The Bertz CT molecular complexity index is 1030. The van der Waals surface area contributed by atoms with Gasteiger partial charge in [-0.25, -0.2) is 9.67 Å². The molecule has 0 aliphatic heterocycles. The molecule has 2 aromatic heterocycles. The Balaban J connectivity index is 1.94. The van der Waals surface area contributed by atoms with E-state index in [0.29, 0.717) is 17.1 Å². The summed E-state index contributed by atoms with van der Waals surface area (Å²) in [5.74, 6) is -0.913. The van der Waals surface area contributed by atoms with Crippen molar-refractivity contribution in [3.8, 4) is 10.6 Å². The maximum Gasteiger partial charge on any atom is 0.323 e. The molecule has 0 atom stereocenters. The van der Waals surface area contributed by atoms with Gasteiger partial charge in [0.1, 0.15) is 11.6 Å². The van der Waals surface area contributed by atoms with Crippen molar-refractivity contribution in [3.05, 3.63) is 63.0 Å². The topological polar surface area (TPSA) is 88.3 Å². The molecule has 0 fully saturated rings. The number of thiazole rings is 1. The number of carboxylic acids is 1. The van der Waals surface area contributed by atoms with Gasteiger partial charge in [-0.1, -0.05) is 18.2 Å². The summed E-state index contributed by atoms with van der Waals surface area (Å²) < 4.78 is 1.32. The van der Waals surface area contributed by atoms with Crippen LogP contribution in [0.3, 0.4) is 0 Å². The summed E-state index contributed by atoms with van der Waals surface area (Å²) in [4.78, 5) is 30.1. The number of para-hydroxylation sites is 1. The number of anilines is 1. The zero-order chi connectivity index (χ0) is 19.6. The first-order chi connectivity index (χ1) is 12.9. The summed E-state index contributed by atoms with van der Waals surface area (Å²) in [6.07, 6.45) is 0. The van der Waals surface area contributed by atoms with E-state index >= 15 is 0 Å². The minimum Gasteiger partial charge on any atom is -0.480 e. The molecule has 1 aromatic carbocycles. The highest BCUT2D eigenvalue weighted by Crippen LogP contribution is 2.26. The van der Waals surface area contributed by atoms with Gasteiger partial charge in [-0.2, -0.15) is 5.10 Å². The summed E-state index contributed by atoms with van der Waals surface area (Å²) in [6, 6.07) is 9.34. The van der Waals surface area contributed by atoms with Crippen LogP contribution in [0.2, 0.25) is 0 Å². The molecule has 0 saturated heterocycles. The highest BCUT2D eigenvalue weighted by molar-refractivity contribution is 7.13. The van der Waals surface area contributed by atoms with Crippen LogP contribution in [0.25, 0.3) is 10.6 Å². The third kappa shape index (κ3) is 4.06.